The number of carbonyl (C=O) groups excluding carboxylic acids is 2. The van der Waals surface area contributed by atoms with Gasteiger partial charge in [0.25, 0.3) is 5.91 Å². The van der Waals surface area contributed by atoms with Gasteiger partial charge in [-0.1, -0.05) is 48.5 Å². The number of methoxy groups -OCH3 is 1. The monoisotopic (exact) mass is 448 g/mol. The van der Waals surface area contributed by atoms with Gasteiger partial charge in [-0.3, -0.25) is 9.59 Å². The fourth-order valence-corrected chi connectivity index (χ4v) is 3.61. The Balaban J connectivity index is 1.65. The van der Waals surface area contributed by atoms with Crippen LogP contribution >= 0.6 is 0 Å². The van der Waals surface area contributed by atoms with E-state index in [0.717, 1.165) is 12.0 Å². The fraction of sp³-hybridized carbons (Fsp3) is 0.259. The Kier molecular flexibility index (Phi) is 8.19. The maximum atomic E-state index is 13.9. The molecule has 33 heavy (non-hydrogen) atoms. The van der Waals surface area contributed by atoms with Crippen molar-refractivity contribution < 1.29 is 18.7 Å². The number of nitrogens with zero attached hydrogens (tertiary/aromatic N) is 2. The molecule has 172 valence electrons. The Morgan fingerprint density at radius 2 is 1.58 bits per heavy atom. The Morgan fingerprint density at radius 3 is 2.27 bits per heavy atom. The quantitative estimate of drug-likeness (QED) is 0.475. The van der Waals surface area contributed by atoms with Crippen molar-refractivity contribution in [3.8, 4) is 5.75 Å². The molecule has 0 N–H and O–H groups in total. The fourth-order valence-electron chi connectivity index (χ4n) is 3.61. The lowest BCUT2D eigenvalue weighted by atomic mass is 10.1. The summed E-state index contributed by atoms with van der Waals surface area (Å²) in [4.78, 5) is 29.2. The van der Waals surface area contributed by atoms with E-state index in [1.807, 2.05) is 30.3 Å². The highest BCUT2D eigenvalue weighted by Gasteiger charge is 2.21. The molecular formula is C27H29FN2O3. The summed E-state index contributed by atoms with van der Waals surface area (Å²) in [5.74, 6) is -0.576. The number of halogens is 1. The second kappa shape index (κ2) is 11.3. The lowest BCUT2D eigenvalue weighted by Crippen LogP contribution is -2.32. The van der Waals surface area contributed by atoms with Crippen molar-refractivity contribution >= 4 is 17.5 Å². The Bertz CT molecular complexity index is 1100. The summed E-state index contributed by atoms with van der Waals surface area (Å²) < 4.78 is 18.9. The molecule has 0 aliphatic carbocycles. The van der Waals surface area contributed by atoms with Gasteiger partial charge in [-0.15, -0.1) is 0 Å². The standard InChI is InChI=1S/C27H29FN2O3/c1-29(18-17-20-9-5-4-6-10-20)27(32)22-11-7-8-12-24(22)30(2)26(31)16-14-21-13-15-25(33-3)23(28)19-21/h4-13,15,19H,14,16-18H2,1-3H3. The van der Waals surface area contributed by atoms with Crippen LogP contribution in [0.4, 0.5) is 10.1 Å². The number of rotatable bonds is 9. The second-order valence-corrected chi connectivity index (χ2v) is 7.90. The molecule has 0 fully saturated rings. The van der Waals surface area contributed by atoms with Crippen LogP contribution in [-0.4, -0.2) is 44.5 Å². The lowest BCUT2D eigenvalue weighted by Gasteiger charge is -2.23. The molecular weight excluding hydrogens is 419 g/mol. The van der Waals surface area contributed by atoms with Crippen LogP contribution in [0.15, 0.2) is 72.8 Å². The van der Waals surface area contributed by atoms with Gasteiger partial charge in [0.15, 0.2) is 11.6 Å². The summed E-state index contributed by atoms with van der Waals surface area (Å²) in [5, 5.41) is 0. The largest absolute Gasteiger partial charge is 0.494 e. The van der Waals surface area contributed by atoms with Gasteiger partial charge in [0.05, 0.1) is 18.4 Å². The number of aryl methyl sites for hydroxylation is 1. The average molecular weight is 449 g/mol. The van der Waals surface area contributed by atoms with E-state index >= 15 is 0 Å². The second-order valence-electron chi connectivity index (χ2n) is 7.90. The van der Waals surface area contributed by atoms with Gasteiger partial charge < -0.3 is 14.5 Å². The number of para-hydroxylation sites is 1. The molecule has 3 aromatic carbocycles. The first kappa shape index (κ1) is 24.0. The summed E-state index contributed by atoms with van der Waals surface area (Å²) in [6.07, 6.45) is 1.32. The Hall–Kier alpha value is -3.67. The molecule has 0 unspecified atom stereocenters. The number of likely N-dealkylation sites (N-methyl/N-ethyl adjacent to an activating group) is 1. The summed E-state index contributed by atoms with van der Waals surface area (Å²) >= 11 is 0. The highest BCUT2D eigenvalue weighted by atomic mass is 19.1. The van der Waals surface area contributed by atoms with Crippen molar-refractivity contribution in [2.45, 2.75) is 19.3 Å². The molecule has 0 aliphatic rings. The molecule has 0 aromatic heterocycles. The maximum absolute atomic E-state index is 13.9. The summed E-state index contributed by atoms with van der Waals surface area (Å²) in [6.45, 7) is 0.567. The summed E-state index contributed by atoms with van der Waals surface area (Å²) in [5.41, 5.74) is 2.90. The Labute approximate surface area is 194 Å². The van der Waals surface area contributed by atoms with Crippen LogP contribution < -0.4 is 9.64 Å². The van der Waals surface area contributed by atoms with Crippen LogP contribution in [0.5, 0.6) is 5.75 Å². The van der Waals surface area contributed by atoms with Gasteiger partial charge in [-0.05, 0) is 48.2 Å². The van der Waals surface area contributed by atoms with Gasteiger partial charge in [-0.2, -0.15) is 0 Å². The van der Waals surface area contributed by atoms with E-state index in [0.29, 0.717) is 29.8 Å². The molecule has 0 saturated carbocycles. The third-order valence-electron chi connectivity index (χ3n) is 5.64. The minimum absolute atomic E-state index is 0.140. The van der Waals surface area contributed by atoms with Crippen molar-refractivity contribution in [2.75, 3.05) is 32.6 Å². The van der Waals surface area contributed by atoms with Crippen LogP contribution in [-0.2, 0) is 17.6 Å². The van der Waals surface area contributed by atoms with Gasteiger partial charge in [0.1, 0.15) is 0 Å². The zero-order valence-electron chi connectivity index (χ0n) is 19.3. The third-order valence-corrected chi connectivity index (χ3v) is 5.64. The van der Waals surface area contributed by atoms with Crippen LogP contribution in [0.2, 0.25) is 0 Å². The van der Waals surface area contributed by atoms with E-state index in [-0.39, 0.29) is 24.0 Å². The zero-order chi connectivity index (χ0) is 23.8. The van der Waals surface area contributed by atoms with E-state index in [9.17, 15) is 14.0 Å². The Morgan fingerprint density at radius 1 is 0.879 bits per heavy atom. The predicted octanol–water partition coefficient (Wildman–Crippen LogP) is 4.74. The minimum Gasteiger partial charge on any atom is -0.494 e. The third kappa shape index (κ3) is 6.19. The topological polar surface area (TPSA) is 49.9 Å². The molecule has 5 nitrogen and oxygen atoms in total. The number of carbonyl (C=O) groups is 2. The van der Waals surface area contributed by atoms with Crippen LogP contribution in [0.25, 0.3) is 0 Å². The smallest absolute Gasteiger partial charge is 0.255 e. The molecule has 0 heterocycles. The zero-order valence-corrected chi connectivity index (χ0v) is 19.3. The van der Waals surface area contributed by atoms with E-state index in [2.05, 4.69) is 0 Å². The predicted molar refractivity (Wildman–Crippen MR) is 128 cm³/mol. The first-order valence-corrected chi connectivity index (χ1v) is 10.9. The molecule has 3 rings (SSSR count). The van der Waals surface area contributed by atoms with Gasteiger partial charge in [0, 0.05) is 27.1 Å². The van der Waals surface area contributed by atoms with Gasteiger partial charge in [0.2, 0.25) is 5.91 Å². The molecule has 0 bridgehead atoms. The highest BCUT2D eigenvalue weighted by molar-refractivity contribution is 6.04. The average Bonchev–Trinajstić information content (AvgIpc) is 2.85. The van der Waals surface area contributed by atoms with E-state index in [1.54, 1.807) is 55.4 Å². The lowest BCUT2D eigenvalue weighted by molar-refractivity contribution is -0.118. The van der Waals surface area contributed by atoms with Crippen LogP contribution in [0.3, 0.4) is 0 Å². The molecule has 6 heteroatoms. The van der Waals surface area contributed by atoms with Crippen molar-refractivity contribution in [1.29, 1.82) is 0 Å². The molecule has 0 aliphatic heterocycles. The van der Waals surface area contributed by atoms with Crippen molar-refractivity contribution in [2.24, 2.45) is 0 Å². The van der Waals surface area contributed by atoms with E-state index in [4.69, 9.17) is 4.74 Å². The number of anilines is 1. The molecule has 0 spiro atoms. The van der Waals surface area contributed by atoms with Gasteiger partial charge in [-0.25, -0.2) is 4.39 Å². The highest BCUT2D eigenvalue weighted by Crippen LogP contribution is 2.23. The van der Waals surface area contributed by atoms with Gasteiger partial charge >= 0.3 is 0 Å². The summed E-state index contributed by atoms with van der Waals surface area (Å²) in [6, 6.07) is 21.8. The number of hydrogen-bond donors (Lipinski definition) is 0. The number of ether oxygens (including phenoxy) is 1. The SMILES string of the molecule is COc1ccc(CCC(=O)N(C)c2ccccc2C(=O)N(C)CCc2ccccc2)cc1F. The number of hydrogen-bond acceptors (Lipinski definition) is 3. The molecule has 0 saturated heterocycles. The molecule has 0 atom stereocenters. The van der Waals surface area contributed by atoms with E-state index < -0.39 is 5.82 Å². The van der Waals surface area contributed by atoms with Crippen molar-refractivity contribution in [3.63, 3.8) is 0 Å². The number of amides is 2. The molecule has 2 amide bonds. The first-order chi connectivity index (χ1) is 15.9. The minimum atomic E-state index is -0.453. The number of benzene rings is 3. The molecule has 0 radical (unpaired) electrons. The van der Waals surface area contributed by atoms with Crippen LogP contribution in [0, 0.1) is 5.82 Å². The van der Waals surface area contributed by atoms with Crippen molar-refractivity contribution in [3.05, 3.63) is 95.3 Å². The van der Waals surface area contributed by atoms with Crippen LogP contribution in [0.1, 0.15) is 27.9 Å². The van der Waals surface area contributed by atoms with Crippen molar-refractivity contribution in [1.82, 2.24) is 4.90 Å². The first-order valence-electron chi connectivity index (χ1n) is 10.9. The summed E-state index contributed by atoms with van der Waals surface area (Å²) in [7, 11) is 4.84. The maximum Gasteiger partial charge on any atom is 0.255 e. The van der Waals surface area contributed by atoms with E-state index in [1.165, 1.54) is 18.1 Å². The molecule has 3 aromatic rings. The normalized spacial score (nSPS) is 10.5.